The molecule has 0 unspecified atom stereocenters. The highest BCUT2D eigenvalue weighted by atomic mass is 19.1. The second-order valence-corrected chi connectivity index (χ2v) is 2.86. The van der Waals surface area contributed by atoms with Crippen LogP contribution < -0.4 is 5.32 Å². The number of carbonyl (C=O) groups is 1. The van der Waals surface area contributed by atoms with Gasteiger partial charge in [-0.1, -0.05) is 18.1 Å². The summed E-state index contributed by atoms with van der Waals surface area (Å²) in [5.74, 6) is 1.77. The minimum Gasteiger partial charge on any atom is -0.339 e. The lowest BCUT2D eigenvalue weighted by Crippen LogP contribution is -2.24. The van der Waals surface area contributed by atoms with Gasteiger partial charge in [0.15, 0.2) is 0 Å². The second-order valence-electron chi connectivity index (χ2n) is 2.86. The lowest BCUT2D eigenvalue weighted by molar-refractivity contribution is -0.119. The third kappa shape index (κ3) is 2.60. The van der Waals surface area contributed by atoms with E-state index in [-0.39, 0.29) is 11.7 Å². The molecule has 0 fully saturated rings. The molecule has 0 aliphatic carbocycles. The zero-order chi connectivity index (χ0) is 10.6. The number of carbonyl (C=O) groups excluding carboxylic acids is 1. The molecular weight excluding hydrogens is 181 g/mol. The SMILES string of the molecule is C#C[C@H](NC(C)=O)c1cccc(F)c1. The first-order chi connectivity index (χ1) is 6.63. The number of benzene rings is 1. The maximum Gasteiger partial charge on any atom is 0.218 e. The molecule has 1 amide bonds. The molecule has 0 saturated carbocycles. The number of hydrogen-bond donors (Lipinski definition) is 1. The van der Waals surface area contributed by atoms with Crippen molar-refractivity contribution in [3.8, 4) is 12.3 Å². The first-order valence-corrected chi connectivity index (χ1v) is 4.12. The monoisotopic (exact) mass is 191 g/mol. The Bertz CT molecular complexity index is 381. The van der Waals surface area contributed by atoms with Gasteiger partial charge in [-0.15, -0.1) is 6.42 Å². The van der Waals surface area contributed by atoms with Gasteiger partial charge in [0, 0.05) is 6.92 Å². The van der Waals surface area contributed by atoms with E-state index in [1.165, 1.54) is 19.1 Å². The summed E-state index contributed by atoms with van der Waals surface area (Å²) in [5.41, 5.74) is 0.572. The van der Waals surface area contributed by atoms with Crippen molar-refractivity contribution in [2.24, 2.45) is 0 Å². The van der Waals surface area contributed by atoms with E-state index in [4.69, 9.17) is 6.42 Å². The van der Waals surface area contributed by atoms with Crippen LogP contribution in [-0.2, 0) is 4.79 Å². The lowest BCUT2D eigenvalue weighted by atomic mass is 10.1. The molecule has 1 atom stereocenters. The van der Waals surface area contributed by atoms with E-state index in [0.717, 1.165) is 0 Å². The number of terminal acetylenes is 1. The maximum absolute atomic E-state index is 12.8. The summed E-state index contributed by atoms with van der Waals surface area (Å²) in [6.07, 6.45) is 5.22. The predicted octanol–water partition coefficient (Wildman–Crippen LogP) is 1.64. The smallest absolute Gasteiger partial charge is 0.218 e. The van der Waals surface area contributed by atoms with E-state index >= 15 is 0 Å². The normalized spacial score (nSPS) is 11.5. The molecule has 0 spiro atoms. The largest absolute Gasteiger partial charge is 0.339 e. The molecule has 14 heavy (non-hydrogen) atoms. The van der Waals surface area contributed by atoms with Gasteiger partial charge in [-0.2, -0.15) is 0 Å². The van der Waals surface area contributed by atoms with Crippen molar-refractivity contribution in [2.45, 2.75) is 13.0 Å². The van der Waals surface area contributed by atoms with Crippen molar-refractivity contribution in [3.05, 3.63) is 35.6 Å². The fourth-order valence-electron chi connectivity index (χ4n) is 1.11. The summed E-state index contributed by atoms with van der Waals surface area (Å²) in [5, 5.41) is 2.53. The molecule has 0 aliphatic rings. The van der Waals surface area contributed by atoms with Crippen LogP contribution in [-0.4, -0.2) is 5.91 Å². The standard InChI is InChI=1S/C11H10FNO/c1-3-11(13-8(2)14)9-5-4-6-10(12)7-9/h1,4-7,11H,2H3,(H,13,14)/t11-/m0/s1. The van der Waals surface area contributed by atoms with Crippen LogP contribution in [0.4, 0.5) is 4.39 Å². The fourth-order valence-corrected chi connectivity index (χ4v) is 1.11. The fraction of sp³-hybridized carbons (Fsp3) is 0.182. The van der Waals surface area contributed by atoms with Gasteiger partial charge in [0.1, 0.15) is 11.9 Å². The summed E-state index contributed by atoms with van der Waals surface area (Å²) < 4.78 is 12.8. The van der Waals surface area contributed by atoms with Crippen LogP contribution in [0.2, 0.25) is 0 Å². The quantitative estimate of drug-likeness (QED) is 0.707. The van der Waals surface area contributed by atoms with E-state index < -0.39 is 6.04 Å². The molecule has 0 aliphatic heterocycles. The molecular formula is C11H10FNO. The average molecular weight is 191 g/mol. The zero-order valence-electron chi connectivity index (χ0n) is 7.75. The van der Waals surface area contributed by atoms with Gasteiger partial charge in [0.2, 0.25) is 5.91 Å². The van der Waals surface area contributed by atoms with Gasteiger partial charge in [-0.05, 0) is 17.7 Å². The van der Waals surface area contributed by atoms with E-state index in [0.29, 0.717) is 5.56 Å². The van der Waals surface area contributed by atoms with Gasteiger partial charge < -0.3 is 5.32 Å². The van der Waals surface area contributed by atoms with Crippen molar-refractivity contribution in [2.75, 3.05) is 0 Å². The van der Waals surface area contributed by atoms with Crippen LogP contribution in [0.15, 0.2) is 24.3 Å². The Morgan fingerprint density at radius 3 is 2.86 bits per heavy atom. The van der Waals surface area contributed by atoms with Gasteiger partial charge in [0.05, 0.1) is 0 Å². The highest BCUT2D eigenvalue weighted by molar-refractivity contribution is 5.74. The molecule has 0 saturated heterocycles. The Balaban J connectivity index is 2.90. The summed E-state index contributed by atoms with van der Waals surface area (Å²) >= 11 is 0. The number of amides is 1. The van der Waals surface area contributed by atoms with Crippen molar-refractivity contribution in [1.82, 2.24) is 5.32 Å². The molecule has 3 heteroatoms. The molecule has 1 rings (SSSR count). The average Bonchev–Trinajstić information content (AvgIpc) is 2.14. The van der Waals surface area contributed by atoms with Crippen molar-refractivity contribution >= 4 is 5.91 Å². The first kappa shape index (κ1) is 10.3. The third-order valence-corrected chi connectivity index (χ3v) is 1.70. The van der Waals surface area contributed by atoms with Crippen molar-refractivity contribution in [3.63, 3.8) is 0 Å². The molecule has 1 aromatic rings. The molecule has 0 heterocycles. The minimum absolute atomic E-state index is 0.239. The Morgan fingerprint density at radius 1 is 1.64 bits per heavy atom. The second kappa shape index (κ2) is 4.43. The van der Waals surface area contributed by atoms with Gasteiger partial charge in [-0.3, -0.25) is 4.79 Å². The first-order valence-electron chi connectivity index (χ1n) is 4.12. The van der Waals surface area contributed by atoms with E-state index in [2.05, 4.69) is 11.2 Å². The lowest BCUT2D eigenvalue weighted by Gasteiger charge is -2.11. The Morgan fingerprint density at radius 2 is 2.36 bits per heavy atom. The highest BCUT2D eigenvalue weighted by Gasteiger charge is 2.09. The summed E-state index contributed by atoms with van der Waals surface area (Å²) in [6, 6.07) is 5.29. The number of nitrogens with one attached hydrogen (secondary N) is 1. The van der Waals surface area contributed by atoms with Crippen LogP contribution in [0.3, 0.4) is 0 Å². The van der Waals surface area contributed by atoms with E-state index in [1.807, 2.05) is 0 Å². The Hall–Kier alpha value is -1.82. The summed E-state index contributed by atoms with van der Waals surface area (Å²) in [4.78, 5) is 10.8. The molecule has 2 nitrogen and oxygen atoms in total. The van der Waals surface area contributed by atoms with E-state index in [9.17, 15) is 9.18 Å². The molecule has 72 valence electrons. The predicted molar refractivity (Wildman–Crippen MR) is 51.8 cm³/mol. The molecule has 1 N–H and O–H groups in total. The maximum atomic E-state index is 12.8. The van der Waals surface area contributed by atoms with Crippen LogP contribution >= 0.6 is 0 Å². The van der Waals surface area contributed by atoms with Gasteiger partial charge in [-0.25, -0.2) is 4.39 Å². The molecule has 0 radical (unpaired) electrons. The minimum atomic E-state index is -0.566. The Labute approximate surface area is 82.1 Å². The number of halogens is 1. The summed E-state index contributed by atoms with van der Waals surface area (Å²) in [6.45, 7) is 1.36. The number of hydrogen-bond acceptors (Lipinski definition) is 1. The Kier molecular flexibility index (Phi) is 3.24. The topological polar surface area (TPSA) is 29.1 Å². The van der Waals surface area contributed by atoms with Gasteiger partial charge in [0.25, 0.3) is 0 Å². The molecule has 0 bridgehead atoms. The van der Waals surface area contributed by atoms with Crippen molar-refractivity contribution in [1.29, 1.82) is 0 Å². The van der Waals surface area contributed by atoms with Crippen LogP contribution in [0.5, 0.6) is 0 Å². The molecule has 1 aromatic carbocycles. The van der Waals surface area contributed by atoms with Crippen LogP contribution in [0, 0.1) is 18.2 Å². The zero-order valence-corrected chi connectivity index (χ0v) is 7.75. The highest BCUT2D eigenvalue weighted by Crippen LogP contribution is 2.12. The third-order valence-electron chi connectivity index (χ3n) is 1.70. The number of rotatable bonds is 2. The van der Waals surface area contributed by atoms with Crippen LogP contribution in [0.25, 0.3) is 0 Å². The molecule has 0 aromatic heterocycles. The van der Waals surface area contributed by atoms with Crippen molar-refractivity contribution < 1.29 is 9.18 Å². The summed E-state index contributed by atoms with van der Waals surface area (Å²) in [7, 11) is 0. The van der Waals surface area contributed by atoms with Gasteiger partial charge >= 0.3 is 0 Å². The van der Waals surface area contributed by atoms with E-state index in [1.54, 1.807) is 12.1 Å². The van der Waals surface area contributed by atoms with Crippen LogP contribution in [0.1, 0.15) is 18.5 Å².